The Morgan fingerprint density at radius 1 is 1.78 bits per heavy atom. The maximum Gasteiger partial charge on any atom is 0.145 e. The smallest absolute Gasteiger partial charge is 0.145 e. The Bertz CT molecular complexity index is 111. The van der Waals surface area contributed by atoms with Crippen molar-refractivity contribution in [1.82, 2.24) is 0 Å². The van der Waals surface area contributed by atoms with E-state index < -0.39 is 0 Å². The monoisotopic (exact) mass is 144 g/mol. The molecule has 0 saturated heterocycles. The van der Waals surface area contributed by atoms with E-state index in [-0.39, 0.29) is 0 Å². The van der Waals surface area contributed by atoms with Crippen LogP contribution in [0.1, 0.15) is 26.2 Å². The molecule has 0 radical (unpaired) electrons. The van der Waals surface area contributed by atoms with Gasteiger partial charge in [-0.15, -0.1) is 0 Å². The van der Waals surface area contributed by atoms with Gasteiger partial charge in [-0.05, 0) is 18.6 Å². The van der Waals surface area contributed by atoms with Crippen molar-refractivity contribution in [3.8, 4) is 0 Å². The molecule has 0 N–H and O–H groups in total. The molecule has 1 fully saturated rings. The zero-order chi connectivity index (χ0) is 6.69. The van der Waals surface area contributed by atoms with Gasteiger partial charge in [-0.1, -0.05) is 6.92 Å². The lowest BCUT2D eigenvalue weighted by molar-refractivity contribution is -0.116. The van der Waals surface area contributed by atoms with Crippen molar-refractivity contribution in [2.45, 2.75) is 31.4 Å². The second-order valence-corrected chi connectivity index (χ2v) is 3.78. The molecule has 9 heavy (non-hydrogen) atoms. The van der Waals surface area contributed by atoms with Crippen molar-refractivity contribution in [2.24, 2.45) is 0 Å². The third kappa shape index (κ3) is 1.71. The first kappa shape index (κ1) is 7.13. The molecule has 2 heteroatoms. The van der Waals surface area contributed by atoms with Crippen LogP contribution in [0.25, 0.3) is 0 Å². The van der Waals surface area contributed by atoms with Gasteiger partial charge in [0.05, 0.1) is 5.25 Å². The SMILES string of the molecule is CCSC1CCCC1=O. The highest BCUT2D eigenvalue weighted by Gasteiger charge is 2.23. The van der Waals surface area contributed by atoms with E-state index in [0.29, 0.717) is 11.0 Å². The molecule has 0 aliphatic heterocycles. The Labute approximate surface area is 60.2 Å². The van der Waals surface area contributed by atoms with Crippen molar-refractivity contribution in [3.05, 3.63) is 0 Å². The minimum absolute atomic E-state index is 0.356. The number of ketones is 1. The van der Waals surface area contributed by atoms with Crippen LogP contribution in [0.5, 0.6) is 0 Å². The molecule has 1 aliphatic rings. The van der Waals surface area contributed by atoms with Crippen LogP contribution in [-0.4, -0.2) is 16.8 Å². The van der Waals surface area contributed by atoms with Gasteiger partial charge >= 0.3 is 0 Å². The van der Waals surface area contributed by atoms with E-state index in [1.807, 2.05) is 0 Å². The van der Waals surface area contributed by atoms with Gasteiger partial charge in [-0.3, -0.25) is 4.79 Å². The summed E-state index contributed by atoms with van der Waals surface area (Å²) < 4.78 is 0. The fourth-order valence-corrected chi connectivity index (χ4v) is 2.20. The number of carbonyl (C=O) groups is 1. The molecule has 0 bridgehead atoms. The third-order valence-electron chi connectivity index (χ3n) is 1.62. The largest absolute Gasteiger partial charge is 0.298 e. The van der Waals surface area contributed by atoms with E-state index in [9.17, 15) is 4.79 Å². The standard InChI is InChI=1S/C7H12OS/c1-2-9-7-5-3-4-6(7)8/h7H,2-5H2,1H3. The Morgan fingerprint density at radius 2 is 2.56 bits per heavy atom. The quantitative estimate of drug-likeness (QED) is 0.588. The van der Waals surface area contributed by atoms with Gasteiger partial charge in [0.25, 0.3) is 0 Å². The highest BCUT2D eigenvalue weighted by Crippen LogP contribution is 2.25. The molecule has 1 nitrogen and oxygen atoms in total. The summed E-state index contributed by atoms with van der Waals surface area (Å²) in [6.45, 7) is 2.11. The minimum Gasteiger partial charge on any atom is -0.298 e. The van der Waals surface area contributed by atoms with Crippen molar-refractivity contribution >= 4 is 17.5 Å². The average Bonchev–Trinajstić information content (AvgIpc) is 2.18. The van der Waals surface area contributed by atoms with E-state index in [0.717, 1.165) is 25.0 Å². The zero-order valence-corrected chi connectivity index (χ0v) is 6.54. The molecule has 0 aromatic carbocycles. The number of hydrogen-bond acceptors (Lipinski definition) is 2. The van der Waals surface area contributed by atoms with E-state index >= 15 is 0 Å². The zero-order valence-electron chi connectivity index (χ0n) is 5.72. The topological polar surface area (TPSA) is 17.1 Å². The summed E-state index contributed by atoms with van der Waals surface area (Å²) >= 11 is 1.80. The van der Waals surface area contributed by atoms with Crippen LogP contribution >= 0.6 is 11.8 Å². The summed E-state index contributed by atoms with van der Waals surface area (Å²) in [4.78, 5) is 10.9. The van der Waals surface area contributed by atoms with Gasteiger partial charge in [-0.2, -0.15) is 11.8 Å². The fraction of sp³-hybridized carbons (Fsp3) is 0.857. The Morgan fingerprint density at radius 3 is 3.00 bits per heavy atom. The second kappa shape index (κ2) is 3.25. The first-order valence-corrected chi connectivity index (χ1v) is 4.53. The highest BCUT2D eigenvalue weighted by atomic mass is 32.2. The maximum absolute atomic E-state index is 10.9. The van der Waals surface area contributed by atoms with Gasteiger partial charge in [0, 0.05) is 6.42 Å². The van der Waals surface area contributed by atoms with Crippen LogP contribution in [0, 0.1) is 0 Å². The summed E-state index contributed by atoms with van der Waals surface area (Å²) in [5, 5.41) is 0.356. The van der Waals surface area contributed by atoms with Crippen molar-refractivity contribution in [2.75, 3.05) is 5.75 Å². The Balaban J connectivity index is 2.31. The summed E-state index contributed by atoms with van der Waals surface area (Å²) in [5.74, 6) is 1.55. The van der Waals surface area contributed by atoms with Gasteiger partial charge in [0.1, 0.15) is 5.78 Å². The highest BCUT2D eigenvalue weighted by molar-refractivity contribution is 8.00. The van der Waals surface area contributed by atoms with Gasteiger partial charge in [-0.25, -0.2) is 0 Å². The Hall–Kier alpha value is 0.0200. The summed E-state index contributed by atoms with van der Waals surface area (Å²) in [5.41, 5.74) is 0. The molecule has 0 spiro atoms. The molecule has 0 aromatic rings. The van der Waals surface area contributed by atoms with Crippen molar-refractivity contribution in [3.63, 3.8) is 0 Å². The lowest BCUT2D eigenvalue weighted by Crippen LogP contribution is -2.07. The van der Waals surface area contributed by atoms with Gasteiger partial charge < -0.3 is 0 Å². The average molecular weight is 144 g/mol. The predicted octanol–water partition coefficient (Wildman–Crippen LogP) is 1.86. The predicted molar refractivity (Wildman–Crippen MR) is 40.8 cm³/mol. The number of rotatable bonds is 2. The third-order valence-corrected chi connectivity index (χ3v) is 2.85. The van der Waals surface area contributed by atoms with Crippen LogP contribution < -0.4 is 0 Å². The molecule has 1 saturated carbocycles. The van der Waals surface area contributed by atoms with E-state index in [2.05, 4.69) is 6.92 Å². The molecule has 52 valence electrons. The van der Waals surface area contributed by atoms with Crippen LogP contribution in [-0.2, 0) is 4.79 Å². The molecule has 1 rings (SSSR count). The van der Waals surface area contributed by atoms with Crippen LogP contribution in [0.4, 0.5) is 0 Å². The minimum atomic E-state index is 0.356. The molecule has 1 atom stereocenters. The summed E-state index contributed by atoms with van der Waals surface area (Å²) in [6.07, 6.45) is 3.07. The molecule has 0 aromatic heterocycles. The maximum atomic E-state index is 10.9. The molecule has 0 heterocycles. The molecule has 1 unspecified atom stereocenters. The van der Waals surface area contributed by atoms with Crippen LogP contribution in [0.2, 0.25) is 0 Å². The number of hydrogen-bond donors (Lipinski definition) is 0. The summed E-state index contributed by atoms with van der Waals surface area (Å²) in [6, 6.07) is 0. The van der Waals surface area contributed by atoms with Gasteiger partial charge in [0.2, 0.25) is 0 Å². The Kier molecular flexibility index (Phi) is 2.58. The van der Waals surface area contributed by atoms with E-state index in [1.54, 1.807) is 11.8 Å². The van der Waals surface area contributed by atoms with Crippen molar-refractivity contribution in [1.29, 1.82) is 0 Å². The lowest BCUT2D eigenvalue weighted by Gasteiger charge is -2.02. The molecular weight excluding hydrogens is 132 g/mol. The second-order valence-electron chi connectivity index (χ2n) is 2.30. The normalized spacial score (nSPS) is 27.2. The van der Waals surface area contributed by atoms with E-state index in [4.69, 9.17) is 0 Å². The number of carbonyl (C=O) groups excluding carboxylic acids is 1. The molecule has 0 amide bonds. The lowest BCUT2D eigenvalue weighted by atomic mass is 10.3. The fourth-order valence-electron chi connectivity index (χ4n) is 1.16. The van der Waals surface area contributed by atoms with Crippen LogP contribution in [0.15, 0.2) is 0 Å². The van der Waals surface area contributed by atoms with Gasteiger partial charge in [0.15, 0.2) is 0 Å². The first-order valence-electron chi connectivity index (χ1n) is 3.49. The first-order chi connectivity index (χ1) is 4.34. The van der Waals surface area contributed by atoms with Crippen molar-refractivity contribution < 1.29 is 4.79 Å². The number of thioether (sulfide) groups is 1. The molecular formula is C7H12OS. The number of Topliss-reactive ketones (excluding diaryl/α,β-unsaturated/α-hetero) is 1. The van der Waals surface area contributed by atoms with E-state index in [1.165, 1.54) is 0 Å². The molecule has 1 aliphatic carbocycles. The van der Waals surface area contributed by atoms with Crippen LogP contribution in [0.3, 0.4) is 0 Å². The summed E-state index contributed by atoms with van der Waals surface area (Å²) in [7, 11) is 0.